The number of hydrogen-bond donors (Lipinski definition) is 1. The third-order valence-corrected chi connectivity index (χ3v) is 1.66. The monoisotopic (exact) mass is 174 g/mol. The maximum atomic E-state index is 7.64. The van der Waals surface area contributed by atoms with Gasteiger partial charge in [-0.25, -0.2) is 4.99 Å². The SMILES string of the molecule is CC(C)=NC(=N)c1ccc(C)cc1. The Morgan fingerprint density at radius 2 is 1.69 bits per heavy atom. The van der Waals surface area contributed by atoms with Gasteiger partial charge in [0, 0.05) is 11.3 Å². The first-order valence-electron chi connectivity index (χ1n) is 4.27. The molecule has 0 saturated carbocycles. The van der Waals surface area contributed by atoms with Gasteiger partial charge in [-0.1, -0.05) is 29.8 Å². The normalized spacial score (nSPS) is 9.46. The van der Waals surface area contributed by atoms with Crippen molar-refractivity contribution >= 4 is 11.5 Å². The predicted molar refractivity (Wildman–Crippen MR) is 56.8 cm³/mol. The molecule has 0 spiro atoms. The quantitative estimate of drug-likeness (QED) is 0.502. The Morgan fingerprint density at radius 1 is 1.15 bits per heavy atom. The van der Waals surface area contributed by atoms with Gasteiger partial charge in [0.15, 0.2) is 5.84 Å². The molecule has 2 nitrogen and oxygen atoms in total. The van der Waals surface area contributed by atoms with Crippen LogP contribution in [0.15, 0.2) is 29.3 Å². The Hall–Kier alpha value is -1.44. The van der Waals surface area contributed by atoms with E-state index in [1.807, 2.05) is 45.0 Å². The summed E-state index contributed by atoms with van der Waals surface area (Å²) in [6, 6.07) is 7.82. The molecule has 0 aliphatic carbocycles. The molecule has 0 saturated heterocycles. The van der Waals surface area contributed by atoms with Crippen LogP contribution >= 0.6 is 0 Å². The van der Waals surface area contributed by atoms with Crippen LogP contribution in [0, 0.1) is 12.3 Å². The average molecular weight is 174 g/mol. The first-order valence-corrected chi connectivity index (χ1v) is 4.27. The molecular weight excluding hydrogens is 160 g/mol. The van der Waals surface area contributed by atoms with Crippen molar-refractivity contribution in [1.29, 1.82) is 5.41 Å². The van der Waals surface area contributed by atoms with Crippen molar-refractivity contribution in [2.24, 2.45) is 4.99 Å². The molecule has 0 unspecified atom stereocenters. The van der Waals surface area contributed by atoms with Gasteiger partial charge >= 0.3 is 0 Å². The zero-order valence-corrected chi connectivity index (χ0v) is 8.26. The number of aryl methyl sites for hydroxylation is 1. The summed E-state index contributed by atoms with van der Waals surface area (Å²) in [6.07, 6.45) is 0. The number of benzene rings is 1. The summed E-state index contributed by atoms with van der Waals surface area (Å²) in [4.78, 5) is 4.08. The third kappa shape index (κ3) is 2.82. The minimum atomic E-state index is 0.333. The summed E-state index contributed by atoms with van der Waals surface area (Å²) < 4.78 is 0. The summed E-state index contributed by atoms with van der Waals surface area (Å²) >= 11 is 0. The van der Waals surface area contributed by atoms with E-state index < -0.39 is 0 Å². The number of aliphatic imine (C=N–C) groups is 1. The summed E-state index contributed by atoms with van der Waals surface area (Å²) in [5, 5.41) is 7.64. The largest absolute Gasteiger partial charge is 0.282 e. The van der Waals surface area contributed by atoms with E-state index in [0.717, 1.165) is 11.3 Å². The highest BCUT2D eigenvalue weighted by molar-refractivity contribution is 6.04. The summed E-state index contributed by atoms with van der Waals surface area (Å²) in [5.41, 5.74) is 2.98. The van der Waals surface area contributed by atoms with Crippen molar-refractivity contribution < 1.29 is 0 Å². The Kier molecular flexibility index (Phi) is 2.96. The molecule has 1 aromatic rings. The van der Waals surface area contributed by atoms with Gasteiger partial charge in [-0.2, -0.15) is 0 Å². The lowest BCUT2D eigenvalue weighted by molar-refractivity contribution is 1.38. The van der Waals surface area contributed by atoms with Crippen molar-refractivity contribution in [2.45, 2.75) is 20.8 Å². The molecule has 0 aliphatic rings. The molecule has 0 bridgehead atoms. The van der Waals surface area contributed by atoms with E-state index in [0.29, 0.717) is 5.84 Å². The van der Waals surface area contributed by atoms with Crippen LogP contribution in [0.1, 0.15) is 25.0 Å². The second-order valence-electron chi connectivity index (χ2n) is 3.27. The van der Waals surface area contributed by atoms with Crippen LogP contribution in [-0.4, -0.2) is 11.5 Å². The van der Waals surface area contributed by atoms with E-state index in [1.165, 1.54) is 5.56 Å². The summed E-state index contributed by atoms with van der Waals surface area (Å²) in [5.74, 6) is 0.333. The van der Waals surface area contributed by atoms with Crippen LogP contribution in [-0.2, 0) is 0 Å². The molecule has 1 rings (SSSR count). The van der Waals surface area contributed by atoms with E-state index in [4.69, 9.17) is 5.41 Å². The van der Waals surface area contributed by atoms with Gasteiger partial charge in [0.25, 0.3) is 0 Å². The average Bonchev–Trinajstić information content (AvgIpc) is 2.04. The molecule has 68 valence electrons. The fraction of sp³-hybridized carbons (Fsp3) is 0.273. The van der Waals surface area contributed by atoms with Gasteiger partial charge < -0.3 is 0 Å². The van der Waals surface area contributed by atoms with Crippen molar-refractivity contribution in [3.8, 4) is 0 Å². The molecule has 0 aromatic heterocycles. The smallest absolute Gasteiger partial charge is 0.151 e. The van der Waals surface area contributed by atoms with Crippen LogP contribution in [0.25, 0.3) is 0 Å². The van der Waals surface area contributed by atoms with E-state index >= 15 is 0 Å². The highest BCUT2D eigenvalue weighted by atomic mass is 14.8. The minimum absolute atomic E-state index is 0.333. The van der Waals surface area contributed by atoms with Gasteiger partial charge in [0.1, 0.15) is 0 Å². The Morgan fingerprint density at radius 3 is 2.15 bits per heavy atom. The Balaban J connectivity index is 2.90. The van der Waals surface area contributed by atoms with Gasteiger partial charge in [0.2, 0.25) is 0 Å². The molecule has 13 heavy (non-hydrogen) atoms. The van der Waals surface area contributed by atoms with Gasteiger partial charge in [-0.05, 0) is 20.8 Å². The van der Waals surface area contributed by atoms with E-state index in [1.54, 1.807) is 0 Å². The highest BCUT2D eigenvalue weighted by Gasteiger charge is 1.97. The topological polar surface area (TPSA) is 36.2 Å². The fourth-order valence-corrected chi connectivity index (χ4v) is 1.000. The van der Waals surface area contributed by atoms with E-state index in [9.17, 15) is 0 Å². The standard InChI is InChI=1S/C11H14N2/c1-8(2)13-11(12)10-6-4-9(3)5-7-10/h4-7,12H,1-3H3. The van der Waals surface area contributed by atoms with Crippen LogP contribution < -0.4 is 0 Å². The third-order valence-electron chi connectivity index (χ3n) is 1.66. The molecule has 0 heterocycles. The van der Waals surface area contributed by atoms with Crippen LogP contribution in [0.2, 0.25) is 0 Å². The molecule has 1 N–H and O–H groups in total. The highest BCUT2D eigenvalue weighted by Crippen LogP contribution is 2.04. The van der Waals surface area contributed by atoms with Crippen molar-refractivity contribution in [3.63, 3.8) is 0 Å². The van der Waals surface area contributed by atoms with Crippen molar-refractivity contribution in [3.05, 3.63) is 35.4 Å². The van der Waals surface area contributed by atoms with Gasteiger partial charge in [0.05, 0.1) is 0 Å². The minimum Gasteiger partial charge on any atom is -0.282 e. The second kappa shape index (κ2) is 3.99. The number of amidine groups is 1. The molecule has 1 aromatic carbocycles. The van der Waals surface area contributed by atoms with E-state index in [-0.39, 0.29) is 0 Å². The number of nitrogens with zero attached hydrogens (tertiary/aromatic N) is 1. The fourth-order valence-electron chi connectivity index (χ4n) is 1.000. The lowest BCUT2D eigenvalue weighted by Gasteiger charge is -1.99. The first-order chi connectivity index (χ1) is 6.09. The molecule has 2 heteroatoms. The lowest BCUT2D eigenvalue weighted by atomic mass is 10.1. The van der Waals surface area contributed by atoms with Crippen LogP contribution in [0.3, 0.4) is 0 Å². The summed E-state index contributed by atoms with van der Waals surface area (Å²) in [6.45, 7) is 5.81. The second-order valence-corrected chi connectivity index (χ2v) is 3.27. The lowest BCUT2D eigenvalue weighted by Crippen LogP contribution is -1.97. The van der Waals surface area contributed by atoms with Gasteiger partial charge in [-0.3, -0.25) is 5.41 Å². The molecule has 0 fully saturated rings. The maximum Gasteiger partial charge on any atom is 0.151 e. The first kappa shape index (κ1) is 9.65. The predicted octanol–water partition coefficient (Wildman–Crippen LogP) is 2.80. The molecule has 0 atom stereocenters. The number of hydrogen-bond acceptors (Lipinski definition) is 1. The number of nitrogens with one attached hydrogen (secondary N) is 1. The molecule has 0 aliphatic heterocycles. The summed E-state index contributed by atoms with van der Waals surface area (Å²) in [7, 11) is 0. The Bertz CT molecular complexity index is 330. The van der Waals surface area contributed by atoms with Crippen molar-refractivity contribution in [2.75, 3.05) is 0 Å². The van der Waals surface area contributed by atoms with Crippen LogP contribution in [0.4, 0.5) is 0 Å². The van der Waals surface area contributed by atoms with Crippen LogP contribution in [0.5, 0.6) is 0 Å². The van der Waals surface area contributed by atoms with Crippen molar-refractivity contribution in [1.82, 2.24) is 0 Å². The molecular formula is C11H14N2. The zero-order valence-electron chi connectivity index (χ0n) is 8.26. The molecule has 0 radical (unpaired) electrons. The number of rotatable bonds is 1. The zero-order chi connectivity index (χ0) is 9.84. The Labute approximate surface area is 78.8 Å². The van der Waals surface area contributed by atoms with Gasteiger partial charge in [-0.15, -0.1) is 0 Å². The molecule has 0 amide bonds. The van der Waals surface area contributed by atoms with E-state index in [2.05, 4.69) is 4.99 Å². The maximum absolute atomic E-state index is 7.64.